The SMILES string of the molecule is c1ccc(-c2ccc(-c3ccc(N(c4ccc5oc6c7ccccc7ccc6c5c4)c4ccccc4-c4ccccc4)cc3)cc2)cc1. The molecule has 1 heterocycles. The summed E-state index contributed by atoms with van der Waals surface area (Å²) >= 11 is 0. The van der Waals surface area contributed by atoms with Gasteiger partial charge in [-0.05, 0) is 75.7 Å². The van der Waals surface area contributed by atoms with Crippen LogP contribution in [0, 0.1) is 0 Å². The molecular formula is C46H31NO. The second kappa shape index (κ2) is 11.8. The zero-order valence-electron chi connectivity index (χ0n) is 26.3. The van der Waals surface area contributed by atoms with E-state index in [0.717, 1.165) is 44.4 Å². The monoisotopic (exact) mass is 613 g/mol. The molecular weight excluding hydrogens is 583 g/mol. The minimum Gasteiger partial charge on any atom is -0.455 e. The Morgan fingerprint density at radius 1 is 0.354 bits per heavy atom. The maximum Gasteiger partial charge on any atom is 0.143 e. The van der Waals surface area contributed by atoms with Crippen LogP contribution >= 0.6 is 0 Å². The van der Waals surface area contributed by atoms with E-state index in [4.69, 9.17) is 4.42 Å². The molecule has 0 aliphatic heterocycles. The molecule has 2 heteroatoms. The predicted octanol–water partition coefficient (Wildman–Crippen LogP) is 13.2. The Balaban J connectivity index is 1.17. The van der Waals surface area contributed by atoms with Gasteiger partial charge in [-0.25, -0.2) is 0 Å². The molecule has 0 radical (unpaired) electrons. The van der Waals surface area contributed by atoms with Gasteiger partial charge in [-0.2, -0.15) is 0 Å². The van der Waals surface area contributed by atoms with Crippen LogP contribution in [0.25, 0.3) is 66.1 Å². The standard InChI is InChI=1S/C46H31NO/c1-3-11-32(12-4-1)33-19-21-34(22-20-33)35-23-26-38(27-24-35)47(44-18-10-9-16-40(44)36-13-5-2-6-14-36)39-28-30-45-43(31-39)42-29-25-37-15-7-8-17-41(37)46(42)48-45/h1-31H. The van der Waals surface area contributed by atoms with Crippen molar-refractivity contribution >= 4 is 49.8 Å². The normalized spacial score (nSPS) is 11.3. The number of anilines is 3. The molecule has 0 fully saturated rings. The van der Waals surface area contributed by atoms with Crippen molar-refractivity contribution in [2.45, 2.75) is 0 Å². The van der Waals surface area contributed by atoms with Crippen LogP contribution in [0.4, 0.5) is 17.1 Å². The Labute approximate surface area is 279 Å². The quantitative estimate of drug-likeness (QED) is 0.185. The van der Waals surface area contributed by atoms with Crippen LogP contribution in [0.1, 0.15) is 0 Å². The zero-order valence-corrected chi connectivity index (χ0v) is 26.3. The highest BCUT2D eigenvalue weighted by Gasteiger charge is 2.19. The van der Waals surface area contributed by atoms with E-state index >= 15 is 0 Å². The summed E-state index contributed by atoms with van der Waals surface area (Å²) in [6, 6.07) is 66.9. The number of hydrogen-bond donors (Lipinski definition) is 0. The topological polar surface area (TPSA) is 16.4 Å². The Bertz CT molecular complexity index is 2530. The first-order valence-corrected chi connectivity index (χ1v) is 16.3. The maximum absolute atomic E-state index is 6.49. The molecule has 0 spiro atoms. The van der Waals surface area contributed by atoms with E-state index in [1.165, 1.54) is 38.8 Å². The summed E-state index contributed by atoms with van der Waals surface area (Å²) in [5.41, 5.74) is 12.2. The lowest BCUT2D eigenvalue weighted by Crippen LogP contribution is -2.11. The van der Waals surface area contributed by atoms with Crippen molar-refractivity contribution in [2.75, 3.05) is 4.90 Å². The van der Waals surface area contributed by atoms with E-state index in [9.17, 15) is 0 Å². The first-order chi connectivity index (χ1) is 23.8. The van der Waals surface area contributed by atoms with Gasteiger partial charge in [0.15, 0.2) is 0 Å². The van der Waals surface area contributed by atoms with Gasteiger partial charge in [0.05, 0.1) is 5.69 Å². The van der Waals surface area contributed by atoms with Crippen molar-refractivity contribution in [2.24, 2.45) is 0 Å². The molecule has 9 aromatic rings. The molecule has 9 rings (SSSR count). The average molecular weight is 614 g/mol. The molecule has 2 nitrogen and oxygen atoms in total. The van der Waals surface area contributed by atoms with Gasteiger partial charge in [-0.1, -0.05) is 146 Å². The van der Waals surface area contributed by atoms with Crippen molar-refractivity contribution in [1.82, 2.24) is 0 Å². The van der Waals surface area contributed by atoms with Crippen molar-refractivity contribution in [3.63, 3.8) is 0 Å². The highest BCUT2D eigenvalue weighted by molar-refractivity contribution is 6.15. The first-order valence-electron chi connectivity index (χ1n) is 16.3. The maximum atomic E-state index is 6.49. The van der Waals surface area contributed by atoms with Gasteiger partial charge in [0.1, 0.15) is 11.2 Å². The fourth-order valence-electron chi connectivity index (χ4n) is 6.88. The Morgan fingerprint density at radius 3 is 1.65 bits per heavy atom. The number of hydrogen-bond acceptors (Lipinski definition) is 2. The Morgan fingerprint density at radius 2 is 0.917 bits per heavy atom. The summed E-state index contributed by atoms with van der Waals surface area (Å²) < 4.78 is 6.49. The van der Waals surface area contributed by atoms with Crippen LogP contribution < -0.4 is 4.90 Å². The number of rotatable bonds is 6. The molecule has 226 valence electrons. The van der Waals surface area contributed by atoms with Crippen LogP contribution in [0.5, 0.6) is 0 Å². The number of para-hydroxylation sites is 1. The summed E-state index contributed by atoms with van der Waals surface area (Å²) in [4.78, 5) is 2.37. The average Bonchev–Trinajstić information content (AvgIpc) is 3.55. The van der Waals surface area contributed by atoms with Crippen LogP contribution in [-0.4, -0.2) is 0 Å². The van der Waals surface area contributed by atoms with Crippen molar-refractivity contribution in [3.8, 4) is 33.4 Å². The van der Waals surface area contributed by atoms with Gasteiger partial charge >= 0.3 is 0 Å². The molecule has 8 aromatic carbocycles. The number of furan rings is 1. The molecule has 0 atom stereocenters. The fourth-order valence-corrected chi connectivity index (χ4v) is 6.88. The van der Waals surface area contributed by atoms with E-state index < -0.39 is 0 Å². The van der Waals surface area contributed by atoms with Gasteiger partial charge in [0, 0.05) is 33.1 Å². The van der Waals surface area contributed by atoms with Crippen LogP contribution in [0.2, 0.25) is 0 Å². The largest absolute Gasteiger partial charge is 0.455 e. The fraction of sp³-hybridized carbons (Fsp3) is 0. The molecule has 0 N–H and O–H groups in total. The summed E-state index contributed by atoms with van der Waals surface area (Å²) in [5, 5.41) is 4.53. The second-order valence-electron chi connectivity index (χ2n) is 12.2. The van der Waals surface area contributed by atoms with Crippen molar-refractivity contribution in [1.29, 1.82) is 0 Å². The summed E-state index contributed by atoms with van der Waals surface area (Å²) in [7, 11) is 0. The molecule has 0 aliphatic carbocycles. The summed E-state index contributed by atoms with van der Waals surface area (Å²) in [6.07, 6.45) is 0. The molecule has 48 heavy (non-hydrogen) atoms. The molecule has 0 aliphatic rings. The number of benzene rings is 8. The smallest absolute Gasteiger partial charge is 0.143 e. The van der Waals surface area contributed by atoms with Gasteiger partial charge < -0.3 is 9.32 Å². The third-order valence-corrected chi connectivity index (χ3v) is 9.28. The highest BCUT2D eigenvalue weighted by atomic mass is 16.3. The van der Waals surface area contributed by atoms with Crippen molar-refractivity contribution in [3.05, 3.63) is 188 Å². The first kappa shape index (κ1) is 27.9. The molecule has 0 unspecified atom stereocenters. The lowest BCUT2D eigenvalue weighted by atomic mass is 9.99. The third kappa shape index (κ3) is 4.92. The minimum atomic E-state index is 0.885. The van der Waals surface area contributed by atoms with Crippen LogP contribution in [0.3, 0.4) is 0 Å². The Hall–Kier alpha value is -6.38. The summed E-state index contributed by atoms with van der Waals surface area (Å²) in [5.74, 6) is 0. The predicted molar refractivity (Wildman–Crippen MR) is 202 cm³/mol. The van der Waals surface area contributed by atoms with Crippen molar-refractivity contribution < 1.29 is 4.42 Å². The summed E-state index contributed by atoms with van der Waals surface area (Å²) in [6.45, 7) is 0. The molecule has 0 saturated carbocycles. The van der Waals surface area contributed by atoms with E-state index in [1.807, 2.05) is 0 Å². The highest BCUT2D eigenvalue weighted by Crippen LogP contribution is 2.43. The van der Waals surface area contributed by atoms with E-state index in [2.05, 4.69) is 193 Å². The molecule has 0 amide bonds. The van der Waals surface area contributed by atoms with Gasteiger partial charge in [-0.15, -0.1) is 0 Å². The van der Waals surface area contributed by atoms with E-state index in [-0.39, 0.29) is 0 Å². The minimum absolute atomic E-state index is 0.885. The third-order valence-electron chi connectivity index (χ3n) is 9.28. The lowest BCUT2D eigenvalue weighted by Gasteiger charge is -2.28. The van der Waals surface area contributed by atoms with Gasteiger partial charge in [0.2, 0.25) is 0 Å². The molecule has 0 bridgehead atoms. The van der Waals surface area contributed by atoms with E-state index in [1.54, 1.807) is 0 Å². The van der Waals surface area contributed by atoms with Crippen LogP contribution in [0.15, 0.2) is 192 Å². The van der Waals surface area contributed by atoms with E-state index in [0.29, 0.717) is 0 Å². The second-order valence-corrected chi connectivity index (χ2v) is 12.2. The molecule has 0 saturated heterocycles. The zero-order chi connectivity index (χ0) is 31.9. The lowest BCUT2D eigenvalue weighted by molar-refractivity contribution is 0.672. The number of fused-ring (bicyclic) bond motifs is 5. The Kier molecular flexibility index (Phi) is 6.84. The van der Waals surface area contributed by atoms with Gasteiger partial charge in [0.25, 0.3) is 0 Å². The van der Waals surface area contributed by atoms with Gasteiger partial charge in [-0.3, -0.25) is 0 Å². The molecule has 1 aromatic heterocycles. The van der Waals surface area contributed by atoms with Crippen LogP contribution in [-0.2, 0) is 0 Å². The number of nitrogens with zero attached hydrogens (tertiary/aromatic N) is 1.